The number of rotatable bonds is 4. The van der Waals surface area contributed by atoms with Gasteiger partial charge in [0, 0.05) is 31.4 Å². The second-order valence-electron chi connectivity index (χ2n) is 6.58. The van der Waals surface area contributed by atoms with Gasteiger partial charge in [-0.2, -0.15) is 5.10 Å². The number of ether oxygens (including phenoxy) is 1. The van der Waals surface area contributed by atoms with Crippen molar-refractivity contribution in [2.24, 2.45) is 0 Å². The Labute approximate surface area is 152 Å². The van der Waals surface area contributed by atoms with E-state index in [0.717, 1.165) is 42.3 Å². The van der Waals surface area contributed by atoms with E-state index in [1.54, 1.807) is 25.4 Å². The summed E-state index contributed by atoms with van der Waals surface area (Å²) in [6.45, 7) is 4.93. The number of methoxy groups -OCH3 is 1. The molecule has 4 rings (SSSR count). The first kappa shape index (κ1) is 16.7. The molecule has 3 aromatic rings. The SMILES string of the molecule is COc1ccc(F)c(CN2CCn3nc(-c4ncccc4C)cc3C2)c1. The van der Waals surface area contributed by atoms with E-state index in [1.165, 1.54) is 6.07 Å². The lowest BCUT2D eigenvalue weighted by Gasteiger charge is -2.27. The van der Waals surface area contributed by atoms with Gasteiger partial charge in [-0.25, -0.2) is 4.39 Å². The highest BCUT2D eigenvalue weighted by atomic mass is 19.1. The van der Waals surface area contributed by atoms with Gasteiger partial charge in [0.1, 0.15) is 17.3 Å². The van der Waals surface area contributed by atoms with Crippen LogP contribution in [0.1, 0.15) is 16.8 Å². The Morgan fingerprint density at radius 2 is 2.08 bits per heavy atom. The Bertz CT molecular complexity index is 937. The second-order valence-corrected chi connectivity index (χ2v) is 6.58. The fourth-order valence-electron chi connectivity index (χ4n) is 3.37. The molecule has 0 atom stereocenters. The smallest absolute Gasteiger partial charge is 0.127 e. The summed E-state index contributed by atoms with van der Waals surface area (Å²) in [5, 5.41) is 4.70. The molecule has 0 radical (unpaired) electrons. The Morgan fingerprint density at radius 3 is 2.88 bits per heavy atom. The highest BCUT2D eigenvalue weighted by molar-refractivity contribution is 5.58. The van der Waals surface area contributed by atoms with Crippen molar-refractivity contribution in [2.75, 3.05) is 13.7 Å². The fourth-order valence-corrected chi connectivity index (χ4v) is 3.37. The van der Waals surface area contributed by atoms with Gasteiger partial charge in [-0.3, -0.25) is 14.6 Å². The standard InChI is InChI=1S/C20H21FN4O/c1-14-4-3-7-22-20(14)19-11-16-13-24(8-9-25(16)23-19)12-15-10-17(26-2)5-6-18(15)21/h3-7,10-11H,8-9,12-13H2,1-2H3. The molecule has 6 heteroatoms. The van der Waals surface area contributed by atoms with Crippen molar-refractivity contribution in [3.8, 4) is 17.1 Å². The van der Waals surface area contributed by atoms with E-state index in [1.807, 2.05) is 23.7 Å². The number of fused-ring (bicyclic) bond motifs is 1. The molecule has 5 nitrogen and oxygen atoms in total. The number of aromatic nitrogens is 3. The second kappa shape index (κ2) is 6.88. The van der Waals surface area contributed by atoms with Crippen LogP contribution in [0.3, 0.4) is 0 Å². The number of benzene rings is 1. The van der Waals surface area contributed by atoms with Gasteiger partial charge in [0.25, 0.3) is 0 Å². The molecule has 1 aromatic carbocycles. The molecular weight excluding hydrogens is 331 g/mol. The quantitative estimate of drug-likeness (QED) is 0.722. The maximum Gasteiger partial charge on any atom is 0.127 e. The Kier molecular flexibility index (Phi) is 4.42. The number of hydrogen-bond donors (Lipinski definition) is 0. The molecule has 0 saturated heterocycles. The highest BCUT2D eigenvalue weighted by Crippen LogP contribution is 2.25. The minimum atomic E-state index is -0.199. The Balaban J connectivity index is 1.54. The van der Waals surface area contributed by atoms with Gasteiger partial charge in [0.2, 0.25) is 0 Å². The van der Waals surface area contributed by atoms with Crippen LogP contribution >= 0.6 is 0 Å². The van der Waals surface area contributed by atoms with Gasteiger partial charge in [-0.05, 0) is 42.8 Å². The largest absolute Gasteiger partial charge is 0.497 e. The summed E-state index contributed by atoms with van der Waals surface area (Å²) in [4.78, 5) is 6.68. The first-order valence-corrected chi connectivity index (χ1v) is 8.67. The summed E-state index contributed by atoms with van der Waals surface area (Å²) in [6.07, 6.45) is 1.79. The van der Waals surface area contributed by atoms with Gasteiger partial charge in [-0.15, -0.1) is 0 Å². The van der Waals surface area contributed by atoms with Gasteiger partial charge < -0.3 is 4.74 Å². The maximum atomic E-state index is 14.1. The molecule has 3 heterocycles. The molecule has 1 aliphatic rings. The molecule has 0 saturated carbocycles. The van der Waals surface area contributed by atoms with Gasteiger partial charge in [-0.1, -0.05) is 6.07 Å². The number of nitrogens with zero attached hydrogens (tertiary/aromatic N) is 4. The van der Waals surface area contributed by atoms with Crippen molar-refractivity contribution in [1.29, 1.82) is 0 Å². The van der Waals surface area contributed by atoms with Crippen LogP contribution in [0.15, 0.2) is 42.6 Å². The molecule has 0 fully saturated rings. The predicted octanol–water partition coefficient (Wildman–Crippen LogP) is 3.42. The van der Waals surface area contributed by atoms with E-state index < -0.39 is 0 Å². The van der Waals surface area contributed by atoms with Crippen LogP contribution in [-0.2, 0) is 19.6 Å². The highest BCUT2D eigenvalue weighted by Gasteiger charge is 2.21. The fraction of sp³-hybridized carbons (Fsp3) is 0.300. The molecule has 0 amide bonds. The predicted molar refractivity (Wildman–Crippen MR) is 97.3 cm³/mol. The first-order chi connectivity index (χ1) is 12.6. The lowest BCUT2D eigenvalue weighted by atomic mass is 10.1. The number of hydrogen-bond acceptors (Lipinski definition) is 4. The average molecular weight is 352 g/mol. The molecule has 1 aliphatic heterocycles. The van der Waals surface area contributed by atoms with Crippen LogP contribution in [0.2, 0.25) is 0 Å². The van der Waals surface area contributed by atoms with E-state index in [2.05, 4.69) is 16.0 Å². The molecule has 0 unspecified atom stereocenters. The zero-order valence-corrected chi connectivity index (χ0v) is 14.9. The summed E-state index contributed by atoms with van der Waals surface area (Å²) >= 11 is 0. The van der Waals surface area contributed by atoms with Gasteiger partial charge in [0.15, 0.2) is 0 Å². The van der Waals surface area contributed by atoms with E-state index in [9.17, 15) is 4.39 Å². The third-order valence-corrected chi connectivity index (χ3v) is 4.78. The third kappa shape index (κ3) is 3.20. The van der Waals surface area contributed by atoms with Crippen LogP contribution < -0.4 is 4.74 Å². The van der Waals surface area contributed by atoms with Crippen molar-refractivity contribution >= 4 is 0 Å². The lowest BCUT2D eigenvalue weighted by molar-refractivity contribution is 0.202. The molecule has 2 aromatic heterocycles. The monoisotopic (exact) mass is 352 g/mol. The topological polar surface area (TPSA) is 43.2 Å². The van der Waals surface area contributed by atoms with Crippen molar-refractivity contribution in [2.45, 2.75) is 26.6 Å². The zero-order chi connectivity index (χ0) is 18.1. The summed E-state index contributed by atoms with van der Waals surface area (Å²) < 4.78 is 21.4. The first-order valence-electron chi connectivity index (χ1n) is 8.67. The molecule has 0 aliphatic carbocycles. The zero-order valence-electron chi connectivity index (χ0n) is 14.9. The van der Waals surface area contributed by atoms with Crippen molar-refractivity contribution < 1.29 is 9.13 Å². The van der Waals surface area contributed by atoms with E-state index in [4.69, 9.17) is 9.84 Å². The maximum absolute atomic E-state index is 14.1. The Morgan fingerprint density at radius 1 is 1.19 bits per heavy atom. The third-order valence-electron chi connectivity index (χ3n) is 4.78. The average Bonchev–Trinajstić information content (AvgIpc) is 3.07. The van der Waals surface area contributed by atoms with Crippen LogP contribution in [0.25, 0.3) is 11.4 Å². The summed E-state index contributed by atoms with van der Waals surface area (Å²) in [7, 11) is 1.59. The van der Waals surface area contributed by atoms with Gasteiger partial charge in [0.05, 0.1) is 25.0 Å². The van der Waals surface area contributed by atoms with Crippen molar-refractivity contribution in [1.82, 2.24) is 19.7 Å². The van der Waals surface area contributed by atoms with Crippen LogP contribution in [-0.4, -0.2) is 33.3 Å². The molecular formula is C20H21FN4O. The normalized spacial score (nSPS) is 14.3. The van der Waals surface area contributed by atoms with E-state index in [-0.39, 0.29) is 5.82 Å². The number of pyridine rings is 1. The summed E-state index contributed by atoms with van der Waals surface area (Å²) in [6, 6.07) is 10.9. The summed E-state index contributed by atoms with van der Waals surface area (Å²) in [5.74, 6) is 0.478. The molecule has 26 heavy (non-hydrogen) atoms. The van der Waals surface area contributed by atoms with Crippen LogP contribution in [0.4, 0.5) is 4.39 Å². The van der Waals surface area contributed by atoms with Crippen molar-refractivity contribution in [3.05, 3.63) is 65.2 Å². The molecule has 0 N–H and O–H groups in total. The van der Waals surface area contributed by atoms with E-state index >= 15 is 0 Å². The van der Waals surface area contributed by atoms with Gasteiger partial charge >= 0.3 is 0 Å². The molecule has 0 spiro atoms. The number of aryl methyl sites for hydroxylation is 1. The number of halogens is 1. The van der Waals surface area contributed by atoms with Crippen molar-refractivity contribution in [3.63, 3.8) is 0 Å². The lowest BCUT2D eigenvalue weighted by Crippen LogP contribution is -2.33. The van der Waals surface area contributed by atoms with Crippen LogP contribution in [0.5, 0.6) is 5.75 Å². The minimum absolute atomic E-state index is 0.199. The van der Waals surface area contributed by atoms with Crippen LogP contribution in [0, 0.1) is 12.7 Å². The molecule has 0 bridgehead atoms. The van der Waals surface area contributed by atoms with E-state index in [0.29, 0.717) is 17.9 Å². The minimum Gasteiger partial charge on any atom is -0.497 e. The molecule has 134 valence electrons. The Hall–Kier alpha value is -2.73. The summed E-state index contributed by atoms with van der Waals surface area (Å²) in [5.41, 5.74) is 4.70.